The van der Waals surface area contributed by atoms with Crippen LogP contribution in [0.1, 0.15) is 5.56 Å². The molecule has 0 saturated carbocycles. The molecule has 0 aliphatic rings. The Kier molecular flexibility index (Phi) is 4.62. The van der Waals surface area contributed by atoms with Crippen molar-refractivity contribution in [1.29, 1.82) is 0 Å². The van der Waals surface area contributed by atoms with E-state index in [0.29, 0.717) is 0 Å². The highest BCUT2D eigenvalue weighted by Gasteiger charge is 2.24. The molecule has 0 saturated heterocycles. The van der Waals surface area contributed by atoms with Gasteiger partial charge in [-0.2, -0.15) is 4.31 Å². The van der Waals surface area contributed by atoms with Crippen LogP contribution in [0.4, 0.5) is 0 Å². The van der Waals surface area contributed by atoms with Gasteiger partial charge in [-0.3, -0.25) is 4.98 Å². The molecule has 0 aromatic carbocycles. The van der Waals surface area contributed by atoms with Crippen LogP contribution in [-0.4, -0.2) is 24.8 Å². The van der Waals surface area contributed by atoms with Crippen LogP contribution in [0.2, 0.25) is 5.02 Å². The van der Waals surface area contributed by atoms with E-state index in [1.807, 2.05) is 11.4 Å². The highest BCUT2D eigenvalue weighted by molar-refractivity contribution is 9.11. The lowest BCUT2D eigenvalue weighted by atomic mass is 10.3. The number of nitrogens with zero attached hydrogens (tertiary/aromatic N) is 2. The minimum absolute atomic E-state index is 0.0217. The first-order valence-corrected chi connectivity index (χ1v) is 8.69. The molecule has 0 N–H and O–H groups in total. The van der Waals surface area contributed by atoms with E-state index >= 15 is 0 Å². The second-order valence-corrected chi connectivity index (χ2v) is 8.54. The van der Waals surface area contributed by atoms with E-state index in [1.165, 1.54) is 41.1 Å². The quantitative estimate of drug-likeness (QED) is 0.816. The Morgan fingerprint density at radius 3 is 2.84 bits per heavy atom. The van der Waals surface area contributed by atoms with Crippen LogP contribution in [-0.2, 0) is 16.6 Å². The first-order chi connectivity index (χ1) is 8.91. The Bertz CT molecular complexity index is 688. The van der Waals surface area contributed by atoms with E-state index in [1.54, 1.807) is 0 Å². The van der Waals surface area contributed by atoms with Crippen LogP contribution >= 0.6 is 38.9 Å². The van der Waals surface area contributed by atoms with Gasteiger partial charge in [0.2, 0.25) is 10.0 Å². The SMILES string of the molecule is CN(Cc1csc(Br)c1)S(=O)(=O)c1cnccc1Cl. The molecule has 2 aromatic heterocycles. The summed E-state index contributed by atoms with van der Waals surface area (Å²) in [5, 5.41) is 2.08. The van der Waals surface area contributed by atoms with E-state index in [0.717, 1.165) is 9.35 Å². The fraction of sp³-hybridized carbons (Fsp3) is 0.182. The summed E-state index contributed by atoms with van der Waals surface area (Å²) >= 11 is 10.8. The Morgan fingerprint density at radius 1 is 1.53 bits per heavy atom. The van der Waals surface area contributed by atoms with Gasteiger partial charge in [0.05, 0.1) is 8.81 Å². The van der Waals surface area contributed by atoms with E-state index in [9.17, 15) is 8.42 Å². The third kappa shape index (κ3) is 3.35. The zero-order valence-electron chi connectivity index (χ0n) is 9.88. The van der Waals surface area contributed by atoms with Gasteiger partial charge < -0.3 is 0 Å². The summed E-state index contributed by atoms with van der Waals surface area (Å²) in [6.45, 7) is 0.287. The standard InChI is InChI=1S/C11H10BrClN2O2S2/c1-15(6-8-4-11(12)18-7-8)19(16,17)10-5-14-3-2-9(10)13/h2-5,7H,6H2,1H3. The normalized spacial score (nSPS) is 12.0. The molecule has 8 heteroatoms. The summed E-state index contributed by atoms with van der Waals surface area (Å²) in [6, 6.07) is 3.35. The smallest absolute Gasteiger partial charge is 0.246 e. The van der Waals surface area contributed by atoms with Gasteiger partial charge in [0, 0.05) is 26.0 Å². The van der Waals surface area contributed by atoms with Crippen LogP contribution < -0.4 is 0 Å². The summed E-state index contributed by atoms with van der Waals surface area (Å²) in [5.41, 5.74) is 0.919. The average Bonchev–Trinajstić information content (AvgIpc) is 2.75. The van der Waals surface area contributed by atoms with E-state index in [2.05, 4.69) is 20.9 Å². The number of hydrogen-bond donors (Lipinski definition) is 0. The molecule has 0 spiro atoms. The summed E-state index contributed by atoms with van der Waals surface area (Å²) in [5.74, 6) is 0. The summed E-state index contributed by atoms with van der Waals surface area (Å²) in [7, 11) is -2.11. The molecule has 0 radical (unpaired) electrons. The summed E-state index contributed by atoms with van der Waals surface area (Å²) in [4.78, 5) is 3.83. The molecule has 0 atom stereocenters. The van der Waals surface area contributed by atoms with Gasteiger partial charge in [0.1, 0.15) is 4.90 Å². The predicted octanol–water partition coefficient (Wildman–Crippen LogP) is 3.38. The molecule has 0 bridgehead atoms. The molecule has 2 rings (SSSR count). The van der Waals surface area contributed by atoms with Crippen molar-refractivity contribution in [3.63, 3.8) is 0 Å². The molecule has 0 unspecified atom stereocenters. The zero-order chi connectivity index (χ0) is 14.0. The Morgan fingerprint density at radius 2 is 2.26 bits per heavy atom. The topological polar surface area (TPSA) is 50.3 Å². The van der Waals surface area contributed by atoms with Crippen LogP contribution in [0.3, 0.4) is 0 Å². The van der Waals surface area contributed by atoms with E-state index in [4.69, 9.17) is 11.6 Å². The van der Waals surface area contributed by atoms with Crippen molar-refractivity contribution in [3.05, 3.63) is 44.3 Å². The molecule has 0 aliphatic heterocycles. The van der Waals surface area contributed by atoms with Crippen molar-refractivity contribution >= 4 is 48.9 Å². The van der Waals surface area contributed by atoms with Gasteiger partial charge >= 0.3 is 0 Å². The zero-order valence-corrected chi connectivity index (χ0v) is 13.9. The maximum Gasteiger partial charge on any atom is 0.246 e. The van der Waals surface area contributed by atoms with Crippen molar-refractivity contribution in [2.45, 2.75) is 11.4 Å². The van der Waals surface area contributed by atoms with Crippen molar-refractivity contribution in [2.75, 3.05) is 7.05 Å². The van der Waals surface area contributed by atoms with Crippen molar-refractivity contribution in [3.8, 4) is 0 Å². The lowest BCUT2D eigenvalue weighted by molar-refractivity contribution is 0.467. The fourth-order valence-corrected chi connectivity index (χ4v) is 4.25. The fourth-order valence-electron chi connectivity index (χ4n) is 1.49. The molecular weight excluding hydrogens is 372 g/mol. The second-order valence-electron chi connectivity index (χ2n) is 3.83. The lowest BCUT2D eigenvalue weighted by Gasteiger charge is -2.16. The van der Waals surface area contributed by atoms with Gasteiger partial charge in [0.25, 0.3) is 0 Å². The Balaban J connectivity index is 2.27. The number of rotatable bonds is 4. The molecule has 2 heterocycles. The predicted molar refractivity (Wildman–Crippen MR) is 79.9 cm³/mol. The molecule has 0 fully saturated rings. The number of hydrogen-bond acceptors (Lipinski definition) is 4. The molecular formula is C11H10BrClN2O2S2. The van der Waals surface area contributed by atoms with Crippen molar-refractivity contribution in [2.24, 2.45) is 0 Å². The largest absolute Gasteiger partial charge is 0.263 e. The van der Waals surface area contributed by atoms with Crippen molar-refractivity contribution in [1.82, 2.24) is 9.29 Å². The molecule has 0 aliphatic carbocycles. The molecule has 102 valence electrons. The minimum atomic E-state index is -3.63. The summed E-state index contributed by atoms with van der Waals surface area (Å²) in [6.07, 6.45) is 2.72. The first-order valence-electron chi connectivity index (χ1n) is 5.20. The highest BCUT2D eigenvalue weighted by atomic mass is 79.9. The van der Waals surface area contributed by atoms with Crippen molar-refractivity contribution < 1.29 is 8.42 Å². The van der Waals surface area contributed by atoms with E-state index in [-0.39, 0.29) is 16.5 Å². The Labute approximate surface area is 129 Å². The lowest BCUT2D eigenvalue weighted by Crippen LogP contribution is -2.26. The van der Waals surface area contributed by atoms with Gasteiger partial charge in [-0.1, -0.05) is 11.6 Å². The molecule has 0 amide bonds. The number of halogens is 2. The third-order valence-electron chi connectivity index (χ3n) is 2.45. The summed E-state index contributed by atoms with van der Waals surface area (Å²) < 4.78 is 26.9. The number of sulfonamides is 1. The first kappa shape index (κ1) is 14.9. The average molecular weight is 382 g/mol. The maximum absolute atomic E-state index is 12.4. The minimum Gasteiger partial charge on any atom is -0.263 e. The second kappa shape index (κ2) is 5.88. The highest BCUT2D eigenvalue weighted by Crippen LogP contribution is 2.26. The van der Waals surface area contributed by atoms with Crippen LogP contribution in [0.15, 0.2) is 38.6 Å². The number of pyridine rings is 1. The number of aromatic nitrogens is 1. The van der Waals surface area contributed by atoms with E-state index < -0.39 is 10.0 Å². The molecule has 2 aromatic rings. The van der Waals surface area contributed by atoms with Gasteiger partial charge in [0.15, 0.2) is 0 Å². The Hall–Kier alpha value is -0.470. The van der Waals surface area contributed by atoms with Crippen LogP contribution in [0, 0.1) is 0 Å². The molecule has 19 heavy (non-hydrogen) atoms. The van der Waals surface area contributed by atoms with Crippen LogP contribution in [0.25, 0.3) is 0 Å². The molecule has 4 nitrogen and oxygen atoms in total. The van der Waals surface area contributed by atoms with Gasteiger partial charge in [-0.05, 0) is 39.0 Å². The van der Waals surface area contributed by atoms with Gasteiger partial charge in [-0.25, -0.2) is 8.42 Å². The number of thiophene rings is 1. The monoisotopic (exact) mass is 380 g/mol. The third-order valence-corrected chi connectivity index (χ3v) is 6.28. The van der Waals surface area contributed by atoms with Crippen LogP contribution in [0.5, 0.6) is 0 Å². The maximum atomic E-state index is 12.4. The van der Waals surface area contributed by atoms with Gasteiger partial charge in [-0.15, -0.1) is 11.3 Å².